The Morgan fingerprint density at radius 3 is 2.83 bits per heavy atom. The van der Waals surface area contributed by atoms with Crippen molar-refractivity contribution in [1.29, 1.82) is 5.26 Å². The van der Waals surface area contributed by atoms with Gasteiger partial charge in [-0.15, -0.1) is 0 Å². The molecule has 1 aliphatic heterocycles. The second-order valence-electron chi connectivity index (χ2n) is 6.82. The minimum absolute atomic E-state index is 0.0138. The molecule has 6 nitrogen and oxygen atoms in total. The van der Waals surface area contributed by atoms with Crippen molar-refractivity contribution in [1.82, 2.24) is 5.32 Å². The minimum atomic E-state index is -0.424. The van der Waals surface area contributed by atoms with Gasteiger partial charge in [-0.1, -0.05) is 30.3 Å². The highest BCUT2D eigenvalue weighted by molar-refractivity contribution is 9.10. The van der Waals surface area contributed by atoms with Crippen molar-refractivity contribution in [2.24, 2.45) is 0 Å². The average molecular weight is 471 g/mol. The molecule has 1 fully saturated rings. The van der Waals surface area contributed by atoms with Gasteiger partial charge >= 0.3 is 0 Å². The lowest BCUT2D eigenvalue weighted by Crippen LogP contribution is -2.32. The summed E-state index contributed by atoms with van der Waals surface area (Å²) in [6.45, 7) is 1.51. The highest BCUT2D eigenvalue weighted by Crippen LogP contribution is 2.37. The van der Waals surface area contributed by atoms with Crippen LogP contribution in [0.3, 0.4) is 0 Å². The van der Waals surface area contributed by atoms with Crippen LogP contribution in [0.2, 0.25) is 0 Å². The number of hydrogen-bond acceptors (Lipinski definition) is 5. The lowest BCUT2D eigenvalue weighted by atomic mass is 10.1. The first-order valence-corrected chi connectivity index (χ1v) is 10.5. The molecular formula is C23H23BrN2O4. The van der Waals surface area contributed by atoms with Crippen LogP contribution in [0.1, 0.15) is 24.0 Å². The fourth-order valence-corrected chi connectivity index (χ4v) is 3.69. The summed E-state index contributed by atoms with van der Waals surface area (Å²) < 4.78 is 17.5. The van der Waals surface area contributed by atoms with E-state index in [1.54, 1.807) is 19.2 Å². The minimum Gasteiger partial charge on any atom is -0.493 e. The maximum Gasteiger partial charge on any atom is 0.262 e. The molecule has 1 N–H and O–H groups in total. The fraction of sp³-hybridized carbons (Fsp3) is 0.304. The van der Waals surface area contributed by atoms with Crippen molar-refractivity contribution < 1.29 is 19.0 Å². The van der Waals surface area contributed by atoms with E-state index in [2.05, 4.69) is 21.2 Å². The van der Waals surface area contributed by atoms with E-state index in [-0.39, 0.29) is 11.7 Å². The monoisotopic (exact) mass is 470 g/mol. The molecule has 1 aliphatic rings. The predicted octanol–water partition coefficient (Wildman–Crippen LogP) is 4.24. The summed E-state index contributed by atoms with van der Waals surface area (Å²) in [7, 11) is 1.55. The quantitative estimate of drug-likeness (QED) is 0.460. The normalized spacial score (nSPS) is 16.0. The zero-order valence-electron chi connectivity index (χ0n) is 16.7. The molecular weight excluding hydrogens is 448 g/mol. The van der Waals surface area contributed by atoms with Crippen molar-refractivity contribution in [2.45, 2.75) is 25.6 Å². The lowest BCUT2D eigenvalue weighted by Gasteiger charge is -2.14. The molecule has 0 bridgehead atoms. The van der Waals surface area contributed by atoms with Crippen LogP contribution in [0.25, 0.3) is 6.08 Å². The third-order valence-corrected chi connectivity index (χ3v) is 5.26. The van der Waals surface area contributed by atoms with Crippen LogP contribution in [0.4, 0.5) is 0 Å². The van der Waals surface area contributed by atoms with Crippen LogP contribution < -0.4 is 14.8 Å². The van der Waals surface area contributed by atoms with Gasteiger partial charge in [0.05, 0.1) is 17.7 Å². The van der Waals surface area contributed by atoms with Gasteiger partial charge in [-0.2, -0.15) is 5.26 Å². The van der Waals surface area contributed by atoms with Crippen LogP contribution in [0.5, 0.6) is 11.5 Å². The number of nitriles is 1. The van der Waals surface area contributed by atoms with Gasteiger partial charge in [-0.25, -0.2) is 0 Å². The van der Waals surface area contributed by atoms with Gasteiger partial charge in [0.2, 0.25) is 0 Å². The number of hydrogen-bond donors (Lipinski definition) is 1. The van der Waals surface area contributed by atoms with Crippen molar-refractivity contribution in [3.05, 3.63) is 63.6 Å². The Morgan fingerprint density at radius 1 is 1.37 bits per heavy atom. The maximum absolute atomic E-state index is 12.4. The van der Waals surface area contributed by atoms with Gasteiger partial charge in [0, 0.05) is 13.2 Å². The van der Waals surface area contributed by atoms with Crippen LogP contribution >= 0.6 is 15.9 Å². The van der Waals surface area contributed by atoms with E-state index in [1.165, 1.54) is 6.08 Å². The summed E-state index contributed by atoms with van der Waals surface area (Å²) in [4.78, 5) is 12.4. The molecule has 0 aliphatic carbocycles. The summed E-state index contributed by atoms with van der Waals surface area (Å²) in [6.07, 6.45) is 3.46. The Hall–Kier alpha value is -2.82. The van der Waals surface area contributed by atoms with Gasteiger partial charge in [-0.3, -0.25) is 4.79 Å². The third kappa shape index (κ3) is 5.85. The third-order valence-electron chi connectivity index (χ3n) is 4.67. The van der Waals surface area contributed by atoms with E-state index in [0.29, 0.717) is 41.3 Å². The first-order chi connectivity index (χ1) is 14.6. The number of halogens is 1. The maximum atomic E-state index is 12.4. The first kappa shape index (κ1) is 21.9. The molecule has 1 amide bonds. The van der Waals surface area contributed by atoms with E-state index in [1.807, 2.05) is 36.4 Å². The number of nitrogens with one attached hydrogen (secondary N) is 1. The van der Waals surface area contributed by atoms with Crippen molar-refractivity contribution >= 4 is 27.9 Å². The number of rotatable bonds is 8. The zero-order valence-corrected chi connectivity index (χ0v) is 18.3. The van der Waals surface area contributed by atoms with Crippen LogP contribution in [0, 0.1) is 11.3 Å². The van der Waals surface area contributed by atoms with Crippen molar-refractivity contribution in [2.75, 3.05) is 20.3 Å². The highest BCUT2D eigenvalue weighted by Gasteiger charge is 2.18. The highest BCUT2D eigenvalue weighted by atomic mass is 79.9. The molecule has 1 saturated heterocycles. The second kappa shape index (κ2) is 10.8. The molecule has 0 radical (unpaired) electrons. The molecule has 7 heteroatoms. The molecule has 0 unspecified atom stereocenters. The Bertz CT molecular complexity index is 948. The van der Waals surface area contributed by atoms with Gasteiger partial charge in [0.25, 0.3) is 5.91 Å². The Labute approximate surface area is 184 Å². The molecule has 0 saturated carbocycles. The van der Waals surface area contributed by atoms with Gasteiger partial charge in [-0.05, 0) is 58.1 Å². The SMILES string of the molecule is COc1cc(/C=C(/C#N)C(=O)NC[C@@H]2CCCO2)cc(Br)c1OCc1ccccc1. The van der Waals surface area contributed by atoms with Crippen LogP contribution in [0.15, 0.2) is 52.5 Å². The number of amides is 1. The first-order valence-electron chi connectivity index (χ1n) is 9.66. The molecule has 1 atom stereocenters. The Kier molecular flexibility index (Phi) is 7.89. The van der Waals surface area contributed by atoms with E-state index in [4.69, 9.17) is 14.2 Å². The fourth-order valence-electron chi connectivity index (χ4n) is 3.12. The Morgan fingerprint density at radius 2 is 2.17 bits per heavy atom. The van der Waals surface area contributed by atoms with E-state index in [0.717, 1.165) is 18.4 Å². The van der Waals surface area contributed by atoms with Gasteiger partial charge < -0.3 is 19.5 Å². The lowest BCUT2D eigenvalue weighted by molar-refractivity contribution is -0.117. The van der Waals surface area contributed by atoms with E-state index < -0.39 is 5.91 Å². The largest absolute Gasteiger partial charge is 0.493 e. The summed E-state index contributed by atoms with van der Waals surface area (Å²) in [5, 5.41) is 12.2. The topological polar surface area (TPSA) is 80.6 Å². The molecule has 1 heterocycles. The van der Waals surface area contributed by atoms with Gasteiger partial charge in [0.1, 0.15) is 18.2 Å². The molecule has 156 valence electrons. The molecule has 30 heavy (non-hydrogen) atoms. The smallest absolute Gasteiger partial charge is 0.262 e. The number of ether oxygens (including phenoxy) is 3. The number of methoxy groups -OCH3 is 1. The summed E-state index contributed by atoms with van der Waals surface area (Å²) in [5.74, 6) is 0.635. The Balaban J connectivity index is 1.73. The molecule has 3 rings (SSSR count). The van der Waals surface area contributed by atoms with Gasteiger partial charge in [0.15, 0.2) is 11.5 Å². The molecule has 2 aromatic carbocycles. The number of carbonyl (C=O) groups excluding carboxylic acids is 1. The van der Waals surface area contributed by atoms with Crippen LogP contribution in [-0.4, -0.2) is 32.3 Å². The molecule has 2 aromatic rings. The van der Waals surface area contributed by atoms with Crippen molar-refractivity contribution in [3.63, 3.8) is 0 Å². The van der Waals surface area contributed by atoms with E-state index >= 15 is 0 Å². The summed E-state index contributed by atoms with van der Waals surface area (Å²) >= 11 is 3.50. The average Bonchev–Trinajstić information content (AvgIpc) is 3.29. The van der Waals surface area contributed by atoms with E-state index in [9.17, 15) is 10.1 Å². The summed E-state index contributed by atoms with van der Waals surface area (Å²) in [6, 6.07) is 15.3. The molecule has 0 spiro atoms. The standard InChI is InChI=1S/C23H23BrN2O4/c1-28-21-12-17(10-18(13-25)23(27)26-14-19-8-5-9-29-19)11-20(24)22(21)30-15-16-6-3-2-4-7-16/h2-4,6-7,10-12,19H,5,8-9,14-15H2,1H3,(H,26,27)/b18-10-/t19-/m0/s1. The molecule has 0 aromatic heterocycles. The summed E-state index contributed by atoms with van der Waals surface area (Å²) in [5.41, 5.74) is 1.69. The predicted molar refractivity (Wildman–Crippen MR) is 117 cm³/mol. The second-order valence-corrected chi connectivity index (χ2v) is 7.68. The number of benzene rings is 2. The number of carbonyl (C=O) groups is 1. The van der Waals surface area contributed by atoms with Crippen molar-refractivity contribution in [3.8, 4) is 17.6 Å². The zero-order chi connectivity index (χ0) is 21.3. The van der Waals surface area contributed by atoms with Crippen LogP contribution in [-0.2, 0) is 16.1 Å². The number of nitrogens with zero attached hydrogens (tertiary/aromatic N) is 1.